The Balaban J connectivity index is 3.94. The normalized spacial score (nSPS) is 10.8. The lowest BCUT2D eigenvalue weighted by Crippen LogP contribution is -2.01. The first-order chi connectivity index (χ1) is 6.70. The SMILES string of the molecule is CCC/C(CCCC#N)=N\OC(C)=O. The molecule has 0 saturated heterocycles. The lowest BCUT2D eigenvalue weighted by atomic mass is 10.1. The molecule has 0 spiro atoms. The van der Waals surface area contributed by atoms with Gasteiger partial charge in [0.15, 0.2) is 0 Å². The summed E-state index contributed by atoms with van der Waals surface area (Å²) in [6.07, 6.45) is 3.81. The molecule has 0 aromatic heterocycles. The van der Waals surface area contributed by atoms with Crippen LogP contribution in [-0.4, -0.2) is 11.7 Å². The second kappa shape index (κ2) is 8.24. The molecule has 0 aliphatic heterocycles. The summed E-state index contributed by atoms with van der Waals surface area (Å²) in [6, 6.07) is 2.07. The Morgan fingerprint density at radius 2 is 2.21 bits per heavy atom. The maximum absolute atomic E-state index is 10.5. The van der Waals surface area contributed by atoms with Crippen molar-refractivity contribution in [1.29, 1.82) is 5.26 Å². The number of carbonyl (C=O) groups is 1. The highest BCUT2D eigenvalue weighted by Crippen LogP contribution is 2.03. The average molecular weight is 196 g/mol. The molecule has 0 unspecified atom stereocenters. The number of hydrogen-bond donors (Lipinski definition) is 0. The van der Waals surface area contributed by atoms with Gasteiger partial charge in [0.05, 0.1) is 11.8 Å². The third kappa shape index (κ3) is 7.29. The van der Waals surface area contributed by atoms with Crippen molar-refractivity contribution in [1.82, 2.24) is 0 Å². The maximum Gasteiger partial charge on any atom is 0.331 e. The Bertz CT molecular complexity index is 241. The van der Waals surface area contributed by atoms with Gasteiger partial charge in [-0.3, -0.25) is 0 Å². The van der Waals surface area contributed by atoms with Crippen LogP contribution in [-0.2, 0) is 9.63 Å². The van der Waals surface area contributed by atoms with Crippen molar-refractivity contribution in [3.05, 3.63) is 0 Å². The van der Waals surface area contributed by atoms with Gasteiger partial charge in [-0.25, -0.2) is 4.79 Å². The lowest BCUT2D eigenvalue weighted by molar-refractivity contribution is -0.140. The minimum absolute atomic E-state index is 0.404. The number of hydrogen-bond acceptors (Lipinski definition) is 4. The Kier molecular flexibility index (Phi) is 7.43. The van der Waals surface area contributed by atoms with Crippen LogP contribution >= 0.6 is 0 Å². The predicted molar refractivity (Wildman–Crippen MR) is 53.6 cm³/mol. The third-order valence-electron chi connectivity index (χ3n) is 1.60. The quantitative estimate of drug-likeness (QED) is 0.283. The Hall–Kier alpha value is -1.37. The van der Waals surface area contributed by atoms with Crippen molar-refractivity contribution < 1.29 is 9.63 Å². The third-order valence-corrected chi connectivity index (χ3v) is 1.60. The summed E-state index contributed by atoms with van der Waals surface area (Å²) in [4.78, 5) is 15.1. The highest BCUT2D eigenvalue weighted by atomic mass is 16.7. The zero-order chi connectivity index (χ0) is 10.8. The van der Waals surface area contributed by atoms with E-state index in [9.17, 15) is 4.79 Å². The summed E-state index contributed by atoms with van der Waals surface area (Å²) in [5, 5.41) is 12.1. The molecule has 0 heterocycles. The van der Waals surface area contributed by atoms with Crippen LogP contribution < -0.4 is 0 Å². The topological polar surface area (TPSA) is 62.4 Å². The second-order valence-electron chi connectivity index (χ2n) is 3.00. The molecule has 0 radical (unpaired) electrons. The van der Waals surface area contributed by atoms with Crippen molar-refractivity contribution in [2.24, 2.45) is 5.16 Å². The minimum atomic E-state index is -0.404. The summed E-state index contributed by atoms with van der Waals surface area (Å²) in [7, 11) is 0. The molecule has 0 rings (SSSR count). The molecule has 0 atom stereocenters. The molecule has 0 aromatic carbocycles. The van der Waals surface area contributed by atoms with Crippen LogP contribution in [0.5, 0.6) is 0 Å². The van der Waals surface area contributed by atoms with E-state index in [1.165, 1.54) is 6.92 Å². The number of nitriles is 1. The van der Waals surface area contributed by atoms with Crippen molar-refractivity contribution >= 4 is 11.7 Å². The van der Waals surface area contributed by atoms with Crippen LogP contribution in [0.25, 0.3) is 0 Å². The summed E-state index contributed by atoms with van der Waals surface area (Å²) in [5.41, 5.74) is 0.859. The average Bonchev–Trinajstić information content (AvgIpc) is 2.14. The lowest BCUT2D eigenvalue weighted by Gasteiger charge is -2.01. The number of nitrogens with zero attached hydrogens (tertiary/aromatic N) is 2. The van der Waals surface area contributed by atoms with E-state index in [0.717, 1.165) is 31.4 Å². The fourth-order valence-corrected chi connectivity index (χ4v) is 1.01. The van der Waals surface area contributed by atoms with Gasteiger partial charge in [-0.05, 0) is 19.3 Å². The first-order valence-electron chi connectivity index (χ1n) is 4.81. The molecule has 0 aliphatic rings. The largest absolute Gasteiger partial charge is 0.331 e. The van der Waals surface area contributed by atoms with Gasteiger partial charge in [-0.1, -0.05) is 18.5 Å². The maximum atomic E-state index is 10.5. The van der Waals surface area contributed by atoms with Gasteiger partial charge >= 0.3 is 5.97 Å². The van der Waals surface area contributed by atoms with Crippen LogP contribution in [0.2, 0.25) is 0 Å². The van der Waals surface area contributed by atoms with E-state index in [1.807, 2.05) is 6.92 Å². The summed E-state index contributed by atoms with van der Waals surface area (Å²) < 4.78 is 0. The molecule has 0 amide bonds. The summed E-state index contributed by atoms with van der Waals surface area (Å²) in [6.45, 7) is 3.36. The van der Waals surface area contributed by atoms with E-state index >= 15 is 0 Å². The molecule has 78 valence electrons. The van der Waals surface area contributed by atoms with E-state index in [4.69, 9.17) is 5.26 Å². The van der Waals surface area contributed by atoms with Crippen LogP contribution in [0, 0.1) is 11.3 Å². The Morgan fingerprint density at radius 3 is 2.71 bits per heavy atom. The smallest absolute Gasteiger partial charge is 0.319 e. The van der Waals surface area contributed by atoms with E-state index in [0.29, 0.717) is 6.42 Å². The van der Waals surface area contributed by atoms with Gasteiger partial charge in [0.1, 0.15) is 0 Å². The Labute approximate surface area is 84.5 Å². The first-order valence-corrected chi connectivity index (χ1v) is 4.81. The van der Waals surface area contributed by atoms with Gasteiger partial charge in [0, 0.05) is 13.3 Å². The molecular weight excluding hydrogens is 180 g/mol. The second-order valence-corrected chi connectivity index (χ2v) is 3.00. The van der Waals surface area contributed by atoms with Crippen LogP contribution in [0.1, 0.15) is 46.0 Å². The predicted octanol–water partition coefficient (Wildman–Crippen LogP) is 2.40. The van der Waals surface area contributed by atoms with Crippen LogP contribution in [0.15, 0.2) is 5.16 Å². The zero-order valence-electron chi connectivity index (χ0n) is 8.75. The molecule has 0 bridgehead atoms. The summed E-state index contributed by atoms with van der Waals surface area (Å²) >= 11 is 0. The molecule has 4 heteroatoms. The van der Waals surface area contributed by atoms with E-state index in [2.05, 4.69) is 16.1 Å². The van der Waals surface area contributed by atoms with Gasteiger partial charge in [0.25, 0.3) is 0 Å². The number of unbranched alkanes of at least 4 members (excludes halogenated alkanes) is 1. The number of oxime groups is 1. The standard InChI is InChI=1S/C10H16N2O2/c1-3-6-10(7-4-5-8-11)12-14-9(2)13/h3-7H2,1-2H3/b12-10+. The van der Waals surface area contributed by atoms with Crippen molar-refractivity contribution in [3.63, 3.8) is 0 Å². The minimum Gasteiger partial charge on any atom is -0.319 e. The van der Waals surface area contributed by atoms with Crippen LogP contribution in [0.3, 0.4) is 0 Å². The van der Waals surface area contributed by atoms with E-state index in [-0.39, 0.29) is 0 Å². The zero-order valence-corrected chi connectivity index (χ0v) is 8.75. The number of rotatable bonds is 6. The van der Waals surface area contributed by atoms with Crippen molar-refractivity contribution in [2.75, 3.05) is 0 Å². The van der Waals surface area contributed by atoms with E-state index < -0.39 is 5.97 Å². The first kappa shape index (κ1) is 12.6. The number of carbonyl (C=O) groups excluding carboxylic acids is 1. The highest BCUT2D eigenvalue weighted by molar-refractivity contribution is 5.84. The fraction of sp³-hybridized carbons (Fsp3) is 0.700. The van der Waals surface area contributed by atoms with Gasteiger partial charge < -0.3 is 4.84 Å². The summed E-state index contributed by atoms with van der Waals surface area (Å²) in [5.74, 6) is -0.404. The Morgan fingerprint density at radius 1 is 1.50 bits per heavy atom. The highest BCUT2D eigenvalue weighted by Gasteiger charge is 2.00. The fourth-order valence-electron chi connectivity index (χ4n) is 1.01. The monoisotopic (exact) mass is 196 g/mol. The van der Waals surface area contributed by atoms with Gasteiger partial charge in [-0.2, -0.15) is 5.26 Å². The molecule has 0 aromatic rings. The van der Waals surface area contributed by atoms with Gasteiger partial charge in [-0.15, -0.1) is 0 Å². The molecule has 0 aliphatic carbocycles. The molecule has 4 nitrogen and oxygen atoms in total. The van der Waals surface area contributed by atoms with E-state index in [1.54, 1.807) is 0 Å². The molecule has 0 fully saturated rings. The molecular formula is C10H16N2O2. The van der Waals surface area contributed by atoms with Crippen molar-refractivity contribution in [3.8, 4) is 6.07 Å². The van der Waals surface area contributed by atoms with Gasteiger partial charge in [0.2, 0.25) is 0 Å². The van der Waals surface area contributed by atoms with Crippen LogP contribution in [0.4, 0.5) is 0 Å². The molecule has 0 N–H and O–H groups in total. The molecule has 14 heavy (non-hydrogen) atoms. The van der Waals surface area contributed by atoms with Crippen molar-refractivity contribution in [2.45, 2.75) is 46.0 Å². The molecule has 0 saturated carbocycles.